The molecule has 0 saturated heterocycles. The summed E-state index contributed by atoms with van der Waals surface area (Å²) in [4.78, 5) is 11.9. The number of rotatable bonds is 5. The van der Waals surface area contributed by atoms with Crippen molar-refractivity contribution in [2.75, 3.05) is 5.75 Å². The lowest BCUT2D eigenvalue weighted by Crippen LogP contribution is -2.21. The van der Waals surface area contributed by atoms with Crippen LogP contribution in [0.3, 0.4) is 0 Å². The van der Waals surface area contributed by atoms with Crippen LogP contribution in [0.15, 0.2) is 33.9 Å². The van der Waals surface area contributed by atoms with Crippen LogP contribution in [0.25, 0.3) is 11.5 Å². The molecule has 0 radical (unpaired) electrons. The van der Waals surface area contributed by atoms with Gasteiger partial charge in [-0.1, -0.05) is 35.9 Å². The number of hydrogen-bond acceptors (Lipinski definition) is 6. The molecule has 0 atom stereocenters. The van der Waals surface area contributed by atoms with E-state index in [0.29, 0.717) is 11.1 Å². The molecule has 0 amide bonds. The summed E-state index contributed by atoms with van der Waals surface area (Å²) in [5.41, 5.74) is 2.01. The molecule has 5 nitrogen and oxygen atoms in total. The van der Waals surface area contributed by atoms with E-state index in [9.17, 15) is 4.79 Å². The molecule has 0 spiro atoms. The van der Waals surface area contributed by atoms with E-state index in [4.69, 9.17) is 9.15 Å². The molecule has 122 valence electrons. The standard InChI is InChI=1S/C17H20N2O3S/c1-12-6-5-7-13(10-12)16-18-19-17(22-16)23-11-15(20)21-14-8-3-2-4-9-14/h5-7,10,14H,2-4,8-9,11H2,1H3. The number of carbonyl (C=O) groups excluding carboxylic acids is 1. The number of aromatic nitrogens is 2. The number of thioether (sulfide) groups is 1. The van der Waals surface area contributed by atoms with Gasteiger partial charge in [0.15, 0.2) is 0 Å². The number of hydrogen-bond donors (Lipinski definition) is 0. The maximum atomic E-state index is 11.9. The van der Waals surface area contributed by atoms with Crippen molar-refractivity contribution in [2.45, 2.75) is 50.4 Å². The molecule has 1 aromatic carbocycles. The van der Waals surface area contributed by atoms with Crippen LogP contribution in [0.2, 0.25) is 0 Å². The van der Waals surface area contributed by atoms with Crippen LogP contribution in [0, 0.1) is 6.92 Å². The fraction of sp³-hybridized carbons (Fsp3) is 0.471. The van der Waals surface area contributed by atoms with Crippen molar-refractivity contribution in [1.29, 1.82) is 0 Å². The van der Waals surface area contributed by atoms with Gasteiger partial charge in [0.1, 0.15) is 11.9 Å². The number of nitrogens with zero attached hydrogens (tertiary/aromatic N) is 2. The van der Waals surface area contributed by atoms with Crippen LogP contribution in [0.4, 0.5) is 0 Å². The van der Waals surface area contributed by atoms with E-state index in [1.807, 2.05) is 31.2 Å². The molecule has 1 aliphatic rings. The largest absolute Gasteiger partial charge is 0.462 e. The summed E-state index contributed by atoms with van der Waals surface area (Å²) in [5.74, 6) is 0.459. The van der Waals surface area contributed by atoms with E-state index >= 15 is 0 Å². The molecule has 6 heteroatoms. The Bertz CT molecular complexity index is 665. The number of esters is 1. The predicted molar refractivity (Wildman–Crippen MR) is 88.2 cm³/mol. The van der Waals surface area contributed by atoms with Gasteiger partial charge in [-0.2, -0.15) is 0 Å². The van der Waals surface area contributed by atoms with Crippen LogP contribution < -0.4 is 0 Å². The third-order valence-electron chi connectivity index (χ3n) is 3.84. The second kappa shape index (κ2) is 7.64. The minimum atomic E-state index is -0.211. The highest BCUT2D eigenvalue weighted by Crippen LogP contribution is 2.25. The molecule has 0 aliphatic heterocycles. The molecule has 2 aromatic rings. The van der Waals surface area contributed by atoms with Crippen LogP contribution in [0.5, 0.6) is 0 Å². The molecule has 1 saturated carbocycles. The lowest BCUT2D eigenvalue weighted by molar-refractivity contribution is -0.147. The summed E-state index contributed by atoms with van der Waals surface area (Å²) in [7, 11) is 0. The summed E-state index contributed by atoms with van der Waals surface area (Å²) < 4.78 is 11.1. The lowest BCUT2D eigenvalue weighted by Gasteiger charge is -2.21. The lowest BCUT2D eigenvalue weighted by atomic mass is 9.98. The zero-order chi connectivity index (χ0) is 16.1. The second-order valence-electron chi connectivity index (χ2n) is 5.78. The van der Waals surface area contributed by atoms with Gasteiger partial charge in [-0.25, -0.2) is 0 Å². The van der Waals surface area contributed by atoms with Crippen LogP contribution in [-0.2, 0) is 9.53 Å². The molecule has 1 aromatic heterocycles. The summed E-state index contributed by atoms with van der Waals surface area (Å²) in [6.07, 6.45) is 5.58. The summed E-state index contributed by atoms with van der Waals surface area (Å²) in [6.45, 7) is 2.01. The molecule has 0 bridgehead atoms. The first-order chi connectivity index (χ1) is 11.2. The van der Waals surface area contributed by atoms with Gasteiger partial charge in [-0.05, 0) is 44.7 Å². The predicted octanol–water partition coefficient (Wildman–Crippen LogP) is 4.01. The van der Waals surface area contributed by atoms with Gasteiger partial charge in [0.05, 0.1) is 0 Å². The molecular formula is C17H20N2O3S. The van der Waals surface area contributed by atoms with Crippen LogP contribution in [0.1, 0.15) is 37.7 Å². The highest BCUT2D eigenvalue weighted by Gasteiger charge is 2.18. The Balaban J connectivity index is 1.52. The third kappa shape index (κ3) is 4.58. The Labute approximate surface area is 139 Å². The van der Waals surface area contributed by atoms with Gasteiger partial charge in [0.25, 0.3) is 5.22 Å². The molecule has 0 N–H and O–H groups in total. The molecule has 1 fully saturated rings. The van der Waals surface area contributed by atoms with Gasteiger partial charge < -0.3 is 9.15 Å². The Morgan fingerprint density at radius 2 is 2.13 bits per heavy atom. The Morgan fingerprint density at radius 3 is 2.91 bits per heavy atom. The zero-order valence-electron chi connectivity index (χ0n) is 13.2. The molecule has 1 aliphatic carbocycles. The normalized spacial score (nSPS) is 15.5. The molecule has 23 heavy (non-hydrogen) atoms. The van der Waals surface area contributed by atoms with Gasteiger partial charge in [-0.15, -0.1) is 10.2 Å². The summed E-state index contributed by atoms with van der Waals surface area (Å²) in [5, 5.41) is 8.40. The Morgan fingerprint density at radius 1 is 1.30 bits per heavy atom. The van der Waals surface area contributed by atoms with E-state index in [0.717, 1.165) is 36.8 Å². The highest BCUT2D eigenvalue weighted by molar-refractivity contribution is 7.99. The van der Waals surface area contributed by atoms with E-state index in [2.05, 4.69) is 10.2 Å². The fourth-order valence-electron chi connectivity index (χ4n) is 2.69. The number of benzene rings is 1. The van der Waals surface area contributed by atoms with Crippen molar-refractivity contribution in [2.24, 2.45) is 0 Å². The van der Waals surface area contributed by atoms with E-state index in [-0.39, 0.29) is 17.8 Å². The first-order valence-electron chi connectivity index (χ1n) is 7.93. The number of carbonyl (C=O) groups is 1. The second-order valence-corrected chi connectivity index (χ2v) is 6.71. The van der Waals surface area contributed by atoms with E-state index < -0.39 is 0 Å². The molecule has 0 unspecified atom stereocenters. The van der Waals surface area contributed by atoms with Gasteiger partial charge >= 0.3 is 5.97 Å². The van der Waals surface area contributed by atoms with Crippen molar-refractivity contribution >= 4 is 17.7 Å². The third-order valence-corrected chi connectivity index (χ3v) is 4.63. The van der Waals surface area contributed by atoms with Gasteiger partial charge in [-0.3, -0.25) is 4.79 Å². The van der Waals surface area contributed by atoms with Crippen molar-refractivity contribution < 1.29 is 13.9 Å². The smallest absolute Gasteiger partial charge is 0.316 e. The number of ether oxygens (including phenoxy) is 1. The monoisotopic (exact) mass is 332 g/mol. The maximum absolute atomic E-state index is 11.9. The maximum Gasteiger partial charge on any atom is 0.316 e. The van der Waals surface area contributed by atoms with Gasteiger partial charge in [0.2, 0.25) is 5.89 Å². The SMILES string of the molecule is Cc1cccc(-c2nnc(SCC(=O)OC3CCCCC3)o2)c1. The van der Waals surface area contributed by atoms with Crippen molar-refractivity contribution in [3.05, 3.63) is 29.8 Å². The van der Waals surface area contributed by atoms with Crippen LogP contribution >= 0.6 is 11.8 Å². The molecular weight excluding hydrogens is 312 g/mol. The molecule has 1 heterocycles. The zero-order valence-corrected chi connectivity index (χ0v) is 14.0. The van der Waals surface area contributed by atoms with E-state index in [1.165, 1.54) is 18.2 Å². The van der Waals surface area contributed by atoms with E-state index in [1.54, 1.807) is 0 Å². The Hall–Kier alpha value is -1.82. The van der Waals surface area contributed by atoms with Crippen LogP contribution in [-0.4, -0.2) is 28.0 Å². The average Bonchev–Trinajstić information content (AvgIpc) is 3.03. The minimum Gasteiger partial charge on any atom is -0.462 e. The fourth-order valence-corrected chi connectivity index (χ4v) is 3.23. The first kappa shape index (κ1) is 16.1. The van der Waals surface area contributed by atoms with Crippen molar-refractivity contribution in [3.63, 3.8) is 0 Å². The first-order valence-corrected chi connectivity index (χ1v) is 8.92. The quantitative estimate of drug-likeness (QED) is 0.609. The molecule has 3 rings (SSSR count). The topological polar surface area (TPSA) is 65.2 Å². The highest BCUT2D eigenvalue weighted by atomic mass is 32.2. The average molecular weight is 332 g/mol. The van der Waals surface area contributed by atoms with Crippen molar-refractivity contribution in [3.8, 4) is 11.5 Å². The summed E-state index contributed by atoms with van der Waals surface area (Å²) >= 11 is 1.22. The number of aryl methyl sites for hydroxylation is 1. The van der Waals surface area contributed by atoms with Crippen molar-refractivity contribution in [1.82, 2.24) is 10.2 Å². The van der Waals surface area contributed by atoms with Gasteiger partial charge in [0, 0.05) is 5.56 Å². The summed E-state index contributed by atoms with van der Waals surface area (Å²) in [6, 6.07) is 7.87. The Kier molecular flexibility index (Phi) is 5.33. The minimum absolute atomic E-state index is 0.0855.